The first-order valence-electron chi connectivity index (χ1n) is 13.5. The van der Waals surface area contributed by atoms with Gasteiger partial charge in [0.05, 0.1) is 16.6 Å². The van der Waals surface area contributed by atoms with Crippen molar-refractivity contribution in [1.29, 1.82) is 0 Å². The van der Waals surface area contributed by atoms with Crippen LogP contribution in [0.15, 0.2) is 146 Å². The highest BCUT2D eigenvalue weighted by Gasteiger charge is 2.40. The van der Waals surface area contributed by atoms with E-state index in [2.05, 4.69) is 9.13 Å². The van der Waals surface area contributed by atoms with E-state index >= 15 is 0 Å². The summed E-state index contributed by atoms with van der Waals surface area (Å²) >= 11 is 7.93. The number of halogens is 4. The predicted molar refractivity (Wildman–Crippen MR) is 164 cm³/mol. The van der Waals surface area contributed by atoms with Crippen molar-refractivity contribution < 1.29 is 13.2 Å². The van der Waals surface area contributed by atoms with Gasteiger partial charge in [-0.3, -0.25) is 0 Å². The number of nitrogens with zero attached hydrogens (tertiary/aromatic N) is 2. The second kappa shape index (κ2) is 9.97. The van der Waals surface area contributed by atoms with E-state index in [0.29, 0.717) is 5.56 Å². The van der Waals surface area contributed by atoms with Gasteiger partial charge in [-0.2, -0.15) is 13.2 Å². The third-order valence-corrected chi connectivity index (χ3v) is 8.47. The molecule has 2 nitrogen and oxygen atoms in total. The van der Waals surface area contributed by atoms with Gasteiger partial charge in [-0.25, -0.2) is 0 Å². The molecule has 0 bridgehead atoms. The van der Waals surface area contributed by atoms with Gasteiger partial charge in [0.15, 0.2) is 0 Å². The monoisotopic (exact) mass is 576 g/mol. The quantitative estimate of drug-likeness (QED) is 0.180. The Labute approximate surface area is 245 Å². The zero-order chi connectivity index (χ0) is 28.9. The summed E-state index contributed by atoms with van der Waals surface area (Å²) in [5.41, 5.74) is 5.19. The Morgan fingerprint density at radius 1 is 0.452 bits per heavy atom. The molecule has 2 heterocycles. The van der Waals surface area contributed by atoms with E-state index in [4.69, 9.17) is 11.6 Å². The van der Waals surface area contributed by atoms with Gasteiger partial charge in [0.2, 0.25) is 0 Å². The van der Waals surface area contributed by atoms with Gasteiger partial charge in [-0.05, 0) is 54.1 Å². The summed E-state index contributed by atoms with van der Waals surface area (Å²) in [6, 6.07) is 41.1. The Morgan fingerprint density at radius 3 is 1.26 bits per heavy atom. The van der Waals surface area contributed by atoms with Crippen molar-refractivity contribution in [3.8, 4) is 11.4 Å². The summed E-state index contributed by atoms with van der Waals surface area (Å²) in [7, 11) is 0. The van der Waals surface area contributed by atoms with Gasteiger partial charge >= 0.3 is 6.18 Å². The molecule has 7 aromatic rings. The van der Waals surface area contributed by atoms with Crippen LogP contribution >= 0.6 is 11.6 Å². The van der Waals surface area contributed by atoms with Gasteiger partial charge in [-0.15, -0.1) is 11.6 Å². The van der Waals surface area contributed by atoms with Gasteiger partial charge in [0.25, 0.3) is 0 Å². The van der Waals surface area contributed by atoms with Gasteiger partial charge < -0.3 is 9.13 Å². The predicted octanol–water partition coefficient (Wildman–Crippen LogP) is 10.1. The van der Waals surface area contributed by atoms with Crippen molar-refractivity contribution in [3.05, 3.63) is 168 Å². The molecule has 0 radical (unpaired) electrons. The zero-order valence-electron chi connectivity index (χ0n) is 22.3. The number of aromatic nitrogens is 2. The summed E-state index contributed by atoms with van der Waals surface area (Å²) < 4.78 is 45.0. The van der Waals surface area contributed by atoms with Crippen molar-refractivity contribution in [2.45, 2.75) is 11.1 Å². The Kier molecular flexibility index (Phi) is 6.21. The van der Waals surface area contributed by atoms with Crippen molar-refractivity contribution in [2.75, 3.05) is 0 Å². The summed E-state index contributed by atoms with van der Waals surface area (Å²) in [6.45, 7) is 0. The third kappa shape index (κ3) is 4.20. The maximum atomic E-state index is 13.6. The summed E-state index contributed by atoms with van der Waals surface area (Å²) in [6.07, 6.45) is -0.432. The molecule has 6 heteroatoms. The summed E-state index contributed by atoms with van der Waals surface area (Å²) in [5, 5.41) is 1.82. The molecule has 206 valence electrons. The highest BCUT2D eigenvalue weighted by molar-refractivity contribution is 6.30. The average Bonchev–Trinajstić information content (AvgIpc) is 3.62. The van der Waals surface area contributed by atoms with E-state index in [-0.39, 0.29) is 0 Å². The number of hydrogen-bond donors (Lipinski definition) is 0. The third-order valence-electron chi connectivity index (χ3n) is 7.84. The largest absolute Gasteiger partial charge is 0.416 e. The maximum absolute atomic E-state index is 13.6. The molecule has 0 amide bonds. The van der Waals surface area contributed by atoms with Crippen LogP contribution in [0.2, 0.25) is 0 Å². The molecule has 5 aromatic carbocycles. The van der Waals surface area contributed by atoms with E-state index in [1.54, 1.807) is 0 Å². The molecule has 0 spiro atoms. The van der Waals surface area contributed by atoms with Crippen LogP contribution in [0.1, 0.15) is 22.3 Å². The molecule has 7 rings (SSSR count). The first kappa shape index (κ1) is 26.2. The number of para-hydroxylation sites is 4. The molecular formula is C36H24ClF3N2. The first-order valence-corrected chi connectivity index (χ1v) is 13.9. The molecular weight excluding hydrogens is 553 g/mol. The second-order valence-corrected chi connectivity index (χ2v) is 10.8. The normalized spacial score (nSPS) is 12.3. The molecule has 0 saturated carbocycles. The molecule has 0 atom stereocenters. The van der Waals surface area contributed by atoms with Gasteiger partial charge in [0.1, 0.15) is 4.87 Å². The second-order valence-electron chi connectivity index (χ2n) is 10.3. The van der Waals surface area contributed by atoms with Crippen LogP contribution in [-0.4, -0.2) is 9.13 Å². The molecule has 0 unspecified atom stereocenters. The fraction of sp³-hybridized carbons (Fsp3) is 0.0556. The Morgan fingerprint density at radius 2 is 0.833 bits per heavy atom. The Bertz CT molecular complexity index is 1900. The van der Waals surface area contributed by atoms with Crippen molar-refractivity contribution >= 4 is 33.4 Å². The molecule has 0 aliphatic rings. The van der Waals surface area contributed by atoms with Crippen LogP contribution in [-0.2, 0) is 11.1 Å². The van der Waals surface area contributed by atoms with Gasteiger partial charge in [0, 0.05) is 45.7 Å². The highest BCUT2D eigenvalue weighted by Crippen LogP contribution is 2.50. The molecule has 2 aromatic heterocycles. The van der Waals surface area contributed by atoms with Gasteiger partial charge in [-0.1, -0.05) is 84.9 Å². The first-order chi connectivity index (χ1) is 20.4. The topological polar surface area (TPSA) is 9.86 Å². The molecule has 0 saturated heterocycles. The lowest BCUT2D eigenvalue weighted by atomic mass is 9.83. The maximum Gasteiger partial charge on any atom is 0.416 e. The van der Waals surface area contributed by atoms with E-state index in [9.17, 15) is 13.2 Å². The smallest absolute Gasteiger partial charge is 0.316 e. The van der Waals surface area contributed by atoms with Crippen LogP contribution in [0.25, 0.3) is 33.2 Å². The molecule has 0 fully saturated rings. The number of benzene rings is 5. The summed E-state index contributed by atoms with van der Waals surface area (Å²) in [5.74, 6) is 0. The van der Waals surface area contributed by atoms with Crippen molar-refractivity contribution in [2.24, 2.45) is 0 Å². The van der Waals surface area contributed by atoms with E-state index in [0.717, 1.165) is 56.4 Å². The number of alkyl halides is 4. The minimum Gasteiger partial charge on any atom is -0.316 e. The highest BCUT2D eigenvalue weighted by atomic mass is 35.5. The minimum absolute atomic E-state index is 0.545. The molecule has 0 N–H and O–H groups in total. The van der Waals surface area contributed by atoms with Crippen LogP contribution < -0.4 is 0 Å². The van der Waals surface area contributed by atoms with Crippen LogP contribution in [0.4, 0.5) is 13.2 Å². The van der Waals surface area contributed by atoms with Crippen LogP contribution in [0.3, 0.4) is 0 Å². The van der Waals surface area contributed by atoms with Crippen LogP contribution in [0.5, 0.6) is 0 Å². The Hall–Kier alpha value is -4.74. The molecule has 0 aliphatic carbocycles. The number of rotatable bonds is 5. The fourth-order valence-electron chi connectivity index (χ4n) is 5.86. The Balaban J connectivity index is 1.57. The van der Waals surface area contributed by atoms with E-state index in [1.165, 1.54) is 12.1 Å². The van der Waals surface area contributed by atoms with Crippen LogP contribution in [0, 0.1) is 0 Å². The lowest BCUT2D eigenvalue weighted by Gasteiger charge is -2.28. The van der Waals surface area contributed by atoms with E-state index in [1.807, 2.05) is 122 Å². The SMILES string of the molecule is FC(F)(F)c1ccc(C(Cl)(c2cn(-c3ccccc3)c3ccccc23)c2cn(-c3ccccc3)c3ccccc23)cc1. The zero-order valence-corrected chi connectivity index (χ0v) is 23.0. The lowest BCUT2D eigenvalue weighted by molar-refractivity contribution is -0.137. The molecule has 42 heavy (non-hydrogen) atoms. The fourth-order valence-corrected chi connectivity index (χ4v) is 6.28. The molecule has 0 aliphatic heterocycles. The van der Waals surface area contributed by atoms with Crippen molar-refractivity contribution in [3.63, 3.8) is 0 Å². The number of fused-ring (bicyclic) bond motifs is 2. The van der Waals surface area contributed by atoms with E-state index < -0.39 is 16.6 Å². The standard InChI is InChI=1S/C36H24ClF3N2/c37-35(25-19-21-26(22-20-25)36(38,39)40,31-23-41(27-11-3-1-4-12-27)33-17-9-7-15-29(31)33)32-24-42(28-13-5-2-6-14-28)34-18-10-8-16-30(32)34/h1-24H. The van der Waals surface area contributed by atoms with Crippen molar-refractivity contribution in [1.82, 2.24) is 9.13 Å². The lowest BCUT2D eigenvalue weighted by Crippen LogP contribution is -2.22. The summed E-state index contributed by atoms with van der Waals surface area (Å²) in [4.78, 5) is -1.33. The average molecular weight is 577 g/mol. The minimum atomic E-state index is -4.46. The number of hydrogen-bond acceptors (Lipinski definition) is 0.